The molecule has 0 radical (unpaired) electrons. The van der Waals surface area contributed by atoms with E-state index in [4.69, 9.17) is 0 Å². The summed E-state index contributed by atoms with van der Waals surface area (Å²) in [5.41, 5.74) is 3.69. The number of H-pyrrole nitrogens is 1. The molecule has 0 saturated carbocycles. The number of likely N-dealkylation sites (tertiary alicyclic amines) is 1. The number of hydrogen-bond donors (Lipinski definition) is 1. The average Bonchev–Trinajstić information content (AvgIpc) is 3.09. The molecule has 0 aliphatic carbocycles. The number of aromatic nitrogens is 3. The molecular weight excluding hydrogens is 262 g/mol. The first-order chi connectivity index (χ1) is 10.1. The van der Waals surface area contributed by atoms with Gasteiger partial charge in [-0.1, -0.05) is 0 Å². The molecule has 3 rings (SSSR count). The van der Waals surface area contributed by atoms with Crippen molar-refractivity contribution in [2.75, 3.05) is 25.5 Å². The highest BCUT2D eigenvalue weighted by atomic mass is 15.2. The molecular formula is C16H23N5. The van der Waals surface area contributed by atoms with Crippen LogP contribution in [0.2, 0.25) is 0 Å². The van der Waals surface area contributed by atoms with Crippen molar-refractivity contribution in [1.29, 1.82) is 0 Å². The molecule has 3 heterocycles. The number of rotatable bonds is 4. The third-order valence-corrected chi connectivity index (χ3v) is 4.26. The Morgan fingerprint density at radius 1 is 1.38 bits per heavy atom. The van der Waals surface area contributed by atoms with Gasteiger partial charge < -0.3 is 9.88 Å². The monoisotopic (exact) mass is 285 g/mol. The molecule has 0 spiro atoms. The highest BCUT2D eigenvalue weighted by Crippen LogP contribution is 2.33. The van der Waals surface area contributed by atoms with Gasteiger partial charge >= 0.3 is 0 Å². The molecule has 21 heavy (non-hydrogen) atoms. The summed E-state index contributed by atoms with van der Waals surface area (Å²) in [7, 11) is 4.07. The fourth-order valence-corrected chi connectivity index (χ4v) is 3.02. The zero-order valence-corrected chi connectivity index (χ0v) is 13.0. The molecule has 5 nitrogen and oxygen atoms in total. The van der Waals surface area contributed by atoms with E-state index in [2.05, 4.69) is 43.8 Å². The van der Waals surface area contributed by atoms with Crippen molar-refractivity contribution < 1.29 is 0 Å². The maximum Gasteiger partial charge on any atom is 0.128 e. The molecule has 1 aliphatic rings. The maximum atomic E-state index is 4.44. The molecule has 2 aromatic rings. The number of imidazole rings is 1. The lowest BCUT2D eigenvalue weighted by Crippen LogP contribution is -2.23. The van der Waals surface area contributed by atoms with E-state index in [9.17, 15) is 0 Å². The fraction of sp³-hybridized carbons (Fsp3) is 0.500. The lowest BCUT2D eigenvalue weighted by atomic mass is 10.1. The van der Waals surface area contributed by atoms with Crippen molar-refractivity contribution in [1.82, 2.24) is 19.9 Å². The highest BCUT2D eigenvalue weighted by Gasteiger charge is 2.27. The van der Waals surface area contributed by atoms with E-state index in [1.165, 1.54) is 24.1 Å². The minimum Gasteiger partial charge on any atom is -0.363 e. The Hall–Kier alpha value is -1.88. The standard InChI is InChI=1S/C16H23N5/c1-12-14(19-11-18-12)10-21-8-4-5-15(21)13-6-7-17-16(9-13)20(2)3/h6-7,9,11,15H,4-5,8,10H2,1-3H3,(H,18,19)/t15-/m1/s1. The summed E-state index contributed by atoms with van der Waals surface area (Å²) in [6.45, 7) is 4.14. The Morgan fingerprint density at radius 3 is 2.95 bits per heavy atom. The molecule has 0 bridgehead atoms. The molecule has 1 N–H and O–H groups in total. The van der Waals surface area contributed by atoms with Gasteiger partial charge in [0, 0.05) is 38.6 Å². The van der Waals surface area contributed by atoms with Gasteiger partial charge in [-0.25, -0.2) is 9.97 Å². The van der Waals surface area contributed by atoms with Crippen molar-refractivity contribution in [3.63, 3.8) is 0 Å². The molecule has 0 amide bonds. The van der Waals surface area contributed by atoms with E-state index in [0.29, 0.717) is 6.04 Å². The van der Waals surface area contributed by atoms with E-state index in [1.54, 1.807) is 6.33 Å². The van der Waals surface area contributed by atoms with Gasteiger partial charge in [-0.2, -0.15) is 0 Å². The number of pyridine rings is 1. The first-order valence-corrected chi connectivity index (χ1v) is 7.51. The van der Waals surface area contributed by atoms with Crippen molar-refractivity contribution in [2.45, 2.75) is 32.4 Å². The second-order valence-corrected chi connectivity index (χ2v) is 5.94. The van der Waals surface area contributed by atoms with E-state index >= 15 is 0 Å². The van der Waals surface area contributed by atoms with E-state index in [-0.39, 0.29) is 0 Å². The predicted octanol–water partition coefficient (Wildman–Crippen LogP) is 2.52. The van der Waals surface area contributed by atoms with Crippen LogP contribution in [-0.2, 0) is 6.54 Å². The highest BCUT2D eigenvalue weighted by molar-refractivity contribution is 5.40. The molecule has 1 aliphatic heterocycles. The second kappa shape index (κ2) is 5.85. The predicted molar refractivity (Wildman–Crippen MR) is 84.3 cm³/mol. The molecule has 1 atom stereocenters. The van der Waals surface area contributed by atoms with E-state index in [1.807, 2.05) is 20.3 Å². The molecule has 0 aromatic carbocycles. The number of nitrogens with one attached hydrogen (secondary N) is 1. The van der Waals surface area contributed by atoms with Gasteiger partial charge in [-0.15, -0.1) is 0 Å². The lowest BCUT2D eigenvalue weighted by Gasteiger charge is -2.25. The zero-order valence-electron chi connectivity index (χ0n) is 13.0. The number of anilines is 1. The van der Waals surface area contributed by atoms with Crippen LogP contribution in [0.25, 0.3) is 0 Å². The van der Waals surface area contributed by atoms with Crippen molar-refractivity contribution in [3.8, 4) is 0 Å². The van der Waals surface area contributed by atoms with Crippen LogP contribution in [0.15, 0.2) is 24.7 Å². The topological polar surface area (TPSA) is 48.1 Å². The van der Waals surface area contributed by atoms with Crippen LogP contribution in [-0.4, -0.2) is 40.5 Å². The van der Waals surface area contributed by atoms with E-state index in [0.717, 1.165) is 24.6 Å². The summed E-state index contributed by atoms with van der Waals surface area (Å²) in [5.74, 6) is 1.02. The van der Waals surface area contributed by atoms with Crippen LogP contribution in [0, 0.1) is 6.92 Å². The number of hydrogen-bond acceptors (Lipinski definition) is 4. The van der Waals surface area contributed by atoms with Crippen LogP contribution in [0.3, 0.4) is 0 Å². The van der Waals surface area contributed by atoms with Crippen LogP contribution in [0.4, 0.5) is 5.82 Å². The first kappa shape index (κ1) is 14.1. The third kappa shape index (κ3) is 2.93. The van der Waals surface area contributed by atoms with Gasteiger partial charge in [-0.05, 0) is 44.0 Å². The normalized spacial score (nSPS) is 19.1. The lowest BCUT2D eigenvalue weighted by molar-refractivity contribution is 0.245. The minimum absolute atomic E-state index is 0.475. The summed E-state index contributed by atoms with van der Waals surface area (Å²) < 4.78 is 0. The summed E-state index contributed by atoms with van der Waals surface area (Å²) in [5, 5.41) is 0. The van der Waals surface area contributed by atoms with Gasteiger partial charge in [0.2, 0.25) is 0 Å². The average molecular weight is 285 g/mol. The van der Waals surface area contributed by atoms with Gasteiger partial charge in [0.05, 0.1) is 12.0 Å². The van der Waals surface area contributed by atoms with Crippen LogP contribution < -0.4 is 4.90 Å². The summed E-state index contributed by atoms with van der Waals surface area (Å²) in [6, 6.07) is 4.83. The molecule has 1 saturated heterocycles. The fourth-order valence-electron chi connectivity index (χ4n) is 3.02. The SMILES string of the molecule is Cc1[nH]cnc1CN1CCC[C@@H]1c1ccnc(N(C)C)c1. The van der Waals surface area contributed by atoms with E-state index < -0.39 is 0 Å². The number of aryl methyl sites for hydroxylation is 1. The first-order valence-electron chi connectivity index (χ1n) is 7.51. The van der Waals surface area contributed by atoms with Crippen molar-refractivity contribution in [2.24, 2.45) is 0 Å². The smallest absolute Gasteiger partial charge is 0.128 e. The van der Waals surface area contributed by atoms with Gasteiger partial charge in [-0.3, -0.25) is 4.90 Å². The molecule has 5 heteroatoms. The summed E-state index contributed by atoms with van der Waals surface area (Å²) in [4.78, 5) is 16.6. The molecule has 112 valence electrons. The van der Waals surface area contributed by atoms with Crippen molar-refractivity contribution >= 4 is 5.82 Å². The molecule has 2 aromatic heterocycles. The van der Waals surface area contributed by atoms with Crippen LogP contribution in [0.1, 0.15) is 35.8 Å². The van der Waals surface area contributed by atoms with Gasteiger partial charge in [0.1, 0.15) is 5.82 Å². The Kier molecular flexibility index (Phi) is 3.92. The summed E-state index contributed by atoms with van der Waals surface area (Å²) in [6.07, 6.45) is 6.15. The molecule has 0 unspecified atom stereocenters. The molecule has 1 fully saturated rings. The van der Waals surface area contributed by atoms with Crippen LogP contribution >= 0.6 is 0 Å². The second-order valence-electron chi connectivity index (χ2n) is 5.94. The van der Waals surface area contributed by atoms with Crippen molar-refractivity contribution in [3.05, 3.63) is 41.6 Å². The third-order valence-electron chi connectivity index (χ3n) is 4.26. The Labute approximate surface area is 126 Å². The number of aromatic amines is 1. The van der Waals surface area contributed by atoms with Crippen LogP contribution in [0.5, 0.6) is 0 Å². The largest absolute Gasteiger partial charge is 0.363 e. The number of nitrogens with zero attached hydrogens (tertiary/aromatic N) is 4. The quantitative estimate of drug-likeness (QED) is 0.937. The van der Waals surface area contributed by atoms with Gasteiger partial charge in [0.25, 0.3) is 0 Å². The Balaban J connectivity index is 1.80. The Bertz CT molecular complexity index is 604. The maximum absolute atomic E-state index is 4.44. The Morgan fingerprint density at radius 2 is 2.24 bits per heavy atom. The summed E-state index contributed by atoms with van der Waals surface area (Å²) >= 11 is 0. The van der Waals surface area contributed by atoms with Gasteiger partial charge in [0.15, 0.2) is 0 Å². The zero-order chi connectivity index (χ0) is 14.8. The minimum atomic E-state index is 0.475.